The summed E-state index contributed by atoms with van der Waals surface area (Å²) in [6, 6.07) is 0.00690. The minimum atomic E-state index is -0.585. The highest BCUT2D eigenvalue weighted by Crippen LogP contribution is 2.10. The minimum Gasteiger partial charge on any atom is -0.480 e. The first kappa shape index (κ1) is 9.24. The van der Waals surface area contributed by atoms with Crippen molar-refractivity contribution in [2.45, 2.75) is 0 Å². The molecule has 0 unspecified atom stereocenters. The van der Waals surface area contributed by atoms with Gasteiger partial charge in [-0.25, -0.2) is 0 Å². The third kappa shape index (κ3) is 1.66. The predicted molar refractivity (Wildman–Crippen MR) is 43.3 cm³/mol. The number of hydrogen-bond donors (Lipinski definition) is 1. The molecule has 0 saturated carbocycles. The lowest BCUT2D eigenvalue weighted by molar-refractivity contribution is 0.111. The number of aromatic nitrogens is 2. The SMILES string of the molecule is COc1nc(OC)c(C=O)c(=O)[nH]1. The van der Waals surface area contributed by atoms with Crippen LogP contribution in [0.15, 0.2) is 4.79 Å². The molecule has 6 heteroatoms. The van der Waals surface area contributed by atoms with Crippen molar-refractivity contribution in [2.24, 2.45) is 0 Å². The predicted octanol–water partition coefficient (Wildman–Crippen LogP) is -0.400. The van der Waals surface area contributed by atoms with Crippen molar-refractivity contribution in [1.82, 2.24) is 9.97 Å². The molecule has 0 atom stereocenters. The largest absolute Gasteiger partial charge is 0.480 e. The molecule has 13 heavy (non-hydrogen) atoms. The number of carbonyl (C=O) groups excluding carboxylic acids is 1. The van der Waals surface area contributed by atoms with Crippen LogP contribution in [-0.2, 0) is 0 Å². The minimum absolute atomic E-state index is 0.00690. The number of carbonyl (C=O) groups is 1. The second-order valence-electron chi connectivity index (χ2n) is 2.12. The topological polar surface area (TPSA) is 81.3 Å². The summed E-state index contributed by atoms with van der Waals surface area (Å²) >= 11 is 0. The number of H-pyrrole nitrogens is 1. The number of ether oxygens (including phenoxy) is 2. The van der Waals surface area contributed by atoms with Crippen LogP contribution in [0.5, 0.6) is 11.9 Å². The summed E-state index contributed by atoms with van der Waals surface area (Å²) in [5.41, 5.74) is -0.734. The maximum absolute atomic E-state index is 11.1. The van der Waals surface area contributed by atoms with Crippen LogP contribution in [0.4, 0.5) is 0 Å². The van der Waals surface area contributed by atoms with E-state index in [-0.39, 0.29) is 17.5 Å². The molecule has 1 aromatic rings. The molecule has 0 aliphatic heterocycles. The van der Waals surface area contributed by atoms with Crippen LogP contribution >= 0.6 is 0 Å². The first-order valence-electron chi connectivity index (χ1n) is 3.40. The molecule has 0 amide bonds. The standard InChI is InChI=1S/C7H8N2O4/c1-12-6-4(3-10)5(11)8-7(9-6)13-2/h3H,1-2H3,(H,8,9,11). The van der Waals surface area contributed by atoms with E-state index in [0.29, 0.717) is 6.29 Å². The highest BCUT2D eigenvalue weighted by atomic mass is 16.5. The molecule has 0 saturated heterocycles. The Labute approximate surface area is 73.5 Å². The Hall–Kier alpha value is -1.85. The van der Waals surface area contributed by atoms with Gasteiger partial charge in [-0.05, 0) is 0 Å². The summed E-state index contributed by atoms with van der Waals surface area (Å²) in [6.45, 7) is 0. The zero-order chi connectivity index (χ0) is 9.84. The number of nitrogens with zero attached hydrogens (tertiary/aromatic N) is 1. The van der Waals surface area contributed by atoms with Gasteiger partial charge < -0.3 is 9.47 Å². The average Bonchev–Trinajstić information content (AvgIpc) is 2.16. The van der Waals surface area contributed by atoms with E-state index in [2.05, 4.69) is 14.7 Å². The van der Waals surface area contributed by atoms with Gasteiger partial charge in [0.2, 0.25) is 5.88 Å². The van der Waals surface area contributed by atoms with E-state index >= 15 is 0 Å². The molecular formula is C7H8N2O4. The molecule has 6 nitrogen and oxygen atoms in total. The van der Waals surface area contributed by atoms with Gasteiger partial charge in [-0.15, -0.1) is 0 Å². The smallest absolute Gasteiger partial charge is 0.299 e. The van der Waals surface area contributed by atoms with Crippen LogP contribution in [0.25, 0.3) is 0 Å². The summed E-state index contributed by atoms with van der Waals surface area (Å²) in [4.78, 5) is 27.5. The van der Waals surface area contributed by atoms with Crippen LogP contribution in [0, 0.1) is 0 Å². The number of aldehydes is 1. The average molecular weight is 184 g/mol. The van der Waals surface area contributed by atoms with Gasteiger partial charge in [-0.2, -0.15) is 4.98 Å². The normalized spacial score (nSPS) is 9.38. The van der Waals surface area contributed by atoms with Crippen molar-refractivity contribution < 1.29 is 14.3 Å². The molecule has 1 N–H and O–H groups in total. The monoisotopic (exact) mass is 184 g/mol. The van der Waals surface area contributed by atoms with E-state index in [1.54, 1.807) is 0 Å². The second kappa shape index (κ2) is 3.70. The van der Waals surface area contributed by atoms with Crippen molar-refractivity contribution >= 4 is 6.29 Å². The number of rotatable bonds is 3. The van der Waals surface area contributed by atoms with Gasteiger partial charge in [0.15, 0.2) is 6.29 Å². The molecule has 1 heterocycles. The van der Waals surface area contributed by atoms with E-state index < -0.39 is 5.56 Å². The molecule has 0 aliphatic carbocycles. The van der Waals surface area contributed by atoms with Crippen LogP contribution in [0.1, 0.15) is 10.4 Å². The Balaban J connectivity index is 3.37. The summed E-state index contributed by atoms with van der Waals surface area (Å²) in [7, 11) is 2.66. The lowest BCUT2D eigenvalue weighted by Crippen LogP contribution is -2.16. The Kier molecular flexibility index (Phi) is 2.63. The van der Waals surface area contributed by atoms with Crippen LogP contribution in [0.2, 0.25) is 0 Å². The van der Waals surface area contributed by atoms with Crippen molar-refractivity contribution in [2.75, 3.05) is 14.2 Å². The summed E-state index contributed by atoms with van der Waals surface area (Å²) in [6.07, 6.45) is 0.379. The molecule has 0 radical (unpaired) electrons. The van der Waals surface area contributed by atoms with E-state index in [1.165, 1.54) is 14.2 Å². The number of nitrogens with one attached hydrogen (secondary N) is 1. The third-order valence-corrected chi connectivity index (χ3v) is 1.40. The Morgan fingerprint density at radius 1 is 1.38 bits per heavy atom. The molecule has 0 aliphatic rings. The van der Waals surface area contributed by atoms with Gasteiger partial charge in [0.05, 0.1) is 14.2 Å². The quantitative estimate of drug-likeness (QED) is 0.646. The zero-order valence-electron chi connectivity index (χ0n) is 7.16. The maximum Gasteiger partial charge on any atom is 0.299 e. The molecule has 70 valence electrons. The van der Waals surface area contributed by atoms with E-state index in [4.69, 9.17) is 4.74 Å². The summed E-state index contributed by atoms with van der Waals surface area (Å²) in [5, 5.41) is 0. The first-order valence-corrected chi connectivity index (χ1v) is 3.40. The van der Waals surface area contributed by atoms with Crippen molar-refractivity contribution in [3.8, 4) is 11.9 Å². The highest BCUT2D eigenvalue weighted by molar-refractivity contribution is 5.77. The lowest BCUT2D eigenvalue weighted by atomic mass is 10.3. The molecule has 0 spiro atoms. The van der Waals surface area contributed by atoms with Gasteiger partial charge in [0.1, 0.15) is 5.56 Å². The third-order valence-electron chi connectivity index (χ3n) is 1.40. The van der Waals surface area contributed by atoms with Crippen molar-refractivity contribution in [3.05, 3.63) is 15.9 Å². The Bertz CT molecular complexity index is 371. The number of methoxy groups -OCH3 is 2. The summed E-state index contributed by atoms with van der Waals surface area (Å²) in [5.74, 6) is -0.0457. The zero-order valence-corrected chi connectivity index (χ0v) is 7.16. The molecule has 0 bridgehead atoms. The number of hydrogen-bond acceptors (Lipinski definition) is 5. The Morgan fingerprint density at radius 3 is 2.54 bits per heavy atom. The van der Waals surface area contributed by atoms with Gasteiger partial charge >= 0.3 is 0 Å². The fraction of sp³-hybridized carbons (Fsp3) is 0.286. The van der Waals surface area contributed by atoms with E-state index in [0.717, 1.165) is 0 Å². The van der Waals surface area contributed by atoms with Gasteiger partial charge in [-0.3, -0.25) is 14.6 Å². The fourth-order valence-electron chi connectivity index (χ4n) is 0.798. The van der Waals surface area contributed by atoms with Crippen molar-refractivity contribution in [1.29, 1.82) is 0 Å². The first-order chi connectivity index (χ1) is 6.22. The highest BCUT2D eigenvalue weighted by Gasteiger charge is 2.10. The second-order valence-corrected chi connectivity index (χ2v) is 2.12. The van der Waals surface area contributed by atoms with E-state index in [1.807, 2.05) is 0 Å². The van der Waals surface area contributed by atoms with Crippen LogP contribution in [-0.4, -0.2) is 30.5 Å². The molecule has 1 aromatic heterocycles. The Morgan fingerprint density at radius 2 is 2.08 bits per heavy atom. The van der Waals surface area contributed by atoms with E-state index in [9.17, 15) is 9.59 Å². The lowest BCUT2D eigenvalue weighted by Gasteiger charge is -2.03. The molecule has 0 fully saturated rings. The number of aromatic amines is 1. The van der Waals surface area contributed by atoms with Crippen LogP contribution < -0.4 is 15.0 Å². The maximum atomic E-state index is 11.1. The van der Waals surface area contributed by atoms with Crippen molar-refractivity contribution in [3.63, 3.8) is 0 Å². The summed E-state index contributed by atoms with van der Waals surface area (Å²) < 4.78 is 9.39. The fourth-order valence-corrected chi connectivity index (χ4v) is 0.798. The molecule has 1 rings (SSSR count). The van der Waals surface area contributed by atoms with Crippen LogP contribution in [0.3, 0.4) is 0 Å². The molecular weight excluding hydrogens is 176 g/mol. The van der Waals surface area contributed by atoms with Gasteiger partial charge in [-0.1, -0.05) is 0 Å². The molecule has 0 aromatic carbocycles. The van der Waals surface area contributed by atoms with Gasteiger partial charge in [0.25, 0.3) is 11.6 Å². The van der Waals surface area contributed by atoms with Gasteiger partial charge in [0, 0.05) is 0 Å².